The third-order valence-electron chi connectivity index (χ3n) is 7.42. The number of carbonyl (C=O) groups excluding carboxylic acids is 3. The number of H-pyrrole nitrogens is 1. The van der Waals surface area contributed by atoms with E-state index in [-0.39, 0.29) is 46.2 Å². The Morgan fingerprint density at radius 2 is 1.98 bits per heavy atom. The zero-order chi connectivity index (χ0) is 32.7. The van der Waals surface area contributed by atoms with E-state index in [9.17, 15) is 34.2 Å². The molecule has 4 heterocycles. The van der Waals surface area contributed by atoms with Gasteiger partial charge < -0.3 is 26.6 Å². The molecular formula is C26H27N11O7S2. The number of carboxylic acids is 1. The van der Waals surface area contributed by atoms with Crippen molar-refractivity contribution in [3.63, 3.8) is 0 Å². The number of nitrogens with zero attached hydrogens (tertiary/aromatic N) is 7. The number of hydrogen-bond donors (Lipinski definition) is 6. The maximum Gasteiger partial charge on any atom is 0.352 e. The molecule has 1 saturated heterocycles. The molecule has 1 aromatic carbocycles. The van der Waals surface area contributed by atoms with Crippen molar-refractivity contribution in [2.24, 2.45) is 12.8 Å². The number of β-lactam (4-membered cyclic amide) rings is 1. The molecule has 18 nitrogen and oxygen atoms in total. The number of carbonyl (C=O) groups is 4. The summed E-state index contributed by atoms with van der Waals surface area (Å²) in [6, 6.07) is 1.60. The van der Waals surface area contributed by atoms with Crippen molar-refractivity contribution >= 4 is 59.0 Å². The van der Waals surface area contributed by atoms with Gasteiger partial charge in [0.15, 0.2) is 0 Å². The topological polar surface area (TPSA) is 255 Å². The third-order valence-corrected chi connectivity index (χ3v) is 9.85. The summed E-state index contributed by atoms with van der Waals surface area (Å²) in [4.78, 5) is 74.2. The van der Waals surface area contributed by atoms with E-state index in [0.29, 0.717) is 10.7 Å². The van der Waals surface area contributed by atoms with Crippen LogP contribution in [-0.2, 0) is 21.4 Å². The van der Waals surface area contributed by atoms with Crippen LogP contribution in [0.25, 0.3) is 0 Å². The molecule has 7 N–H and O–H groups in total. The molecule has 4 amide bonds. The molecule has 0 spiro atoms. The molecule has 3 aliphatic rings. The maximum atomic E-state index is 13.9. The summed E-state index contributed by atoms with van der Waals surface area (Å²) in [6.07, 6.45) is 2.95. The number of aryl methyl sites for hydroxylation is 1. The van der Waals surface area contributed by atoms with Gasteiger partial charge in [0.1, 0.15) is 34.6 Å². The van der Waals surface area contributed by atoms with Crippen molar-refractivity contribution < 1.29 is 29.4 Å². The summed E-state index contributed by atoms with van der Waals surface area (Å²) in [6.45, 7) is 0. The second-order valence-electron chi connectivity index (χ2n) is 10.6. The predicted molar refractivity (Wildman–Crippen MR) is 164 cm³/mol. The number of carboxylic acid groups (broad SMARTS) is 1. The monoisotopic (exact) mass is 669 g/mol. The molecule has 46 heavy (non-hydrogen) atoms. The largest absolute Gasteiger partial charge is 0.508 e. The highest BCUT2D eigenvalue weighted by Gasteiger charge is 2.55. The molecule has 6 rings (SSSR count). The van der Waals surface area contributed by atoms with Gasteiger partial charge >= 0.3 is 12.0 Å². The van der Waals surface area contributed by atoms with Gasteiger partial charge in [-0.3, -0.25) is 29.2 Å². The molecule has 1 saturated carbocycles. The number of urea groups is 1. The van der Waals surface area contributed by atoms with E-state index in [1.807, 2.05) is 0 Å². The number of aromatic nitrogens is 6. The lowest BCUT2D eigenvalue weighted by molar-refractivity contribution is -0.150. The summed E-state index contributed by atoms with van der Waals surface area (Å²) in [5, 5.41) is 36.4. The second-order valence-corrected chi connectivity index (χ2v) is 12.6. The zero-order valence-electron chi connectivity index (χ0n) is 24.0. The number of rotatable bonds is 11. The van der Waals surface area contributed by atoms with Gasteiger partial charge in [-0.25, -0.2) is 19.3 Å². The van der Waals surface area contributed by atoms with Gasteiger partial charge in [0.25, 0.3) is 11.5 Å². The molecule has 1 aliphatic carbocycles. The molecule has 0 bridgehead atoms. The second kappa shape index (κ2) is 12.4. The SMILES string of the molecule is Cn1nnnc1SCC1=C(C(=O)O)N2C(=O)C(NC(=O)C(c3ccc(O)cc3)N(C(N)=O)c3cnc(NC4CC4)[nH]c3=O)[C@H]2SC1. The smallest absolute Gasteiger partial charge is 0.352 e. The minimum absolute atomic E-state index is 0.121. The first kappa shape index (κ1) is 30.9. The van der Waals surface area contributed by atoms with Crippen molar-refractivity contribution in [2.75, 3.05) is 21.7 Å². The van der Waals surface area contributed by atoms with Crippen molar-refractivity contribution in [1.82, 2.24) is 40.4 Å². The Morgan fingerprint density at radius 1 is 1.24 bits per heavy atom. The van der Waals surface area contributed by atoms with Crippen molar-refractivity contribution in [1.29, 1.82) is 0 Å². The van der Waals surface area contributed by atoms with Gasteiger partial charge in [0.2, 0.25) is 17.0 Å². The highest BCUT2D eigenvalue weighted by atomic mass is 32.2. The number of primary amides is 1. The molecule has 240 valence electrons. The number of benzene rings is 1. The number of thioether (sulfide) groups is 2. The average molecular weight is 670 g/mol. The number of tetrazole rings is 1. The van der Waals surface area contributed by atoms with Crippen LogP contribution in [0.3, 0.4) is 0 Å². The molecule has 2 aliphatic heterocycles. The fraction of sp³-hybridized carbons (Fsp3) is 0.346. The number of phenolic OH excluding ortho intramolecular Hbond substituents is 1. The number of aromatic hydroxyl groups is 1. The molecule has 2 unspecified atom stereocenters. The predicted octanol–water partition coefficient (Wildman–Crippen LogP) is -0.269. The summed E-state index contributed by atoms with van der Waals surface area (Å²) in [5.41, 5.74) is 5.10. The van der Waals surface area contributed by atoms with E-state index in [0.717, 1.165) is 28.8 Å². The molecule has 3 aromatic rings. The summed E-state index contributed by atoms with van der Waals surface area (Å²) < 4.78 is 1.44. The Kier molecular flexibility index (Phi) is 8.30. The highest BCUT2D eigenvalue weighted by molar-refractivity contribution is 8.01. The number of hydrogen-bond acceptors (Lipinski definition) is 13. The number of anilines is 2. The maximum absolute atomic E-state index is 13.9. The molecule has 20 heteroatoms. The Balaban J connectivity index is 1.26. The van der Waals surface area contributed by atoms with E-state index in [4.69, 9.17) is 5.73 Å². The minimum Gasteiger partial charge on any atom is -0.508 e. The number of aromatic amines is 1. The van der Waals surface area contributed by atoms with Crippen molar-refractivity contribution in [2.45, 2.75) is 41.5 Å². The number of aliphatic carboxylic acids is 1. The fourth-order valence-electron chi connectivity index (χ4n) is 5.04. The number of fused-ring (bicyclic) bond motifs is 1. The van der Waals surface area contributed by atoms with Crippen LogP contribution in [-0.4, -0.2) is 98.1 Å². The number of amides is 4. The number of phenols is 1. The Bertz CT molecular complexity index is 1810. The van der Waals surface area contributed by atoms with Crippen LogP contribution in [0.4, 0.5) is 16.4 Å². The van der Waals surface area contributed by atoms with Crippen LogP contribution >= 0.6 is 23.5 Å². The van der Waals surface area contributed by atoms with Crippen LogP contribution in [0.15, 0.2) is 51.7 Å². The van der Waals surface area contributed by atoms with E-state index in [2.05, 4.69) is 36.1 Å². The van der Waals surface area contributed by atoms with Crippen LogP contribution < -0.4 is 26.8 Å². The summed E-state index contributed by atoms with van der Waals surface area (Å²) >= 11 is 2.47. The number of nitrogens with two attached hydrogens (primary N) is 1. The first-order valence-corrected chi connectivity index (χ1v) is 15.9. The standard InChI is InChI=1S/C26H27N11O7S2/c1-35-26(32-33-34-35)46-10-12-9-45-22-16(21(41)37(22)18(12)23(42)43)30-20(40)17(11-2-6-14(38)7-3-11)36(24(27)44)15-8-28-25(31-19(15)39)29-13-4-5-13/h2-3,6-8,13,16-17,22,38H,4-5,9-10H2,1H3,(H2,27,44)(H,30,40)(H,42,43)(H2,28,29,31,39)/t16?,17?,22-/m1/s1. The van der Waals surface area contributed by atoms with Gasteiger partial charge in [0, 0.05) is 24.6 Å². The van der Waals surface area contributed by atoms with Gasteiger partial charge in [-0.1, -0.05) is 23.9 Å². The lowest BCUT2D eigenvalue weighted by Crippen LogP contribution is -2.71. The highest BCUT2D eigenvalue weighted by Crippen LogP contribution is 2.42. The van der Waals surface area contributed by atoms with Gasteiger partial charge in [0.05, 0.1) is 6.20 Å². The minimum atomic E-state index is -1.57. The van der Waals surface area contributed by atoms with Gasteiger partial charge in [-0.05, 0) is 46.5 Å². The van der Waals surface area contributed by atoms with Crippen molar-refractivity contribution in [3.05, 3.63) is 57.6 Å². The summed E-state index contributed by atoms with van der Waals surface area (Å²) in [5.74, 6) is -2.32. The quantitative estimate of drug-likeness (QED) is 0.114. The molecule has 3 atom stereocenters. The third kappa shape index (κ3) is 5.95. The van der Waals surface area contributed by atoms with E-state index in [1.165, 1.54) is 52.5 Å². The molecule has 2 fully saturated rings. The average Bonchev–Trinajstić information content (AvgIpc) is 3.74. The van der Waals surface area contributed by atoms with E-state index in [1.54, 1.807) is 7.05 Å². The van der Waals surface area contributed by atoms with E-state index < -0.39 is 46.8 Å². The van der Waals surface area contributed by atoms with Crippen molar-refractivity contribution in [3.8, 4) is 5.75 Å². The van der Waals surface area contributed by atoms with Crippen LogP contribution in [0.2, 0.25) is 0 Å². The van der Waals surface area contributed by atoms with Crippen LogP contribution in [0.5, 0.6) is 5.75 Å². The molecular weight excluding hydrogens is 642 g/mol. The van der Waals surface area contributed by atoms with Crippen LogP contribution in [0.1, 0.15) is 24.4 Å². The molecule has 2 aromatic heterocycles. The fourth-order valence-corrected chi connectivity index (χ4v) is 7.37. The Labute approximate surface area is 267 Å². The first-order valence-electron chi connectivity index (χ1n) is 13.8. The molecule has 0 radical (unpaired) electrons. The van der Waals surface area contributed by atoms with Crippen LogP contribution in [0, 0.1) is 0 Å². The Hall–Kier alpha value is -5.11. The van der Waals surface area contributed by atoms with E-state index >= 15 is 0 Å². The zero-order valence-corrected chi connectivity index (χ0v) is 25.6. The first-order chi connectivity index (χ1) is 22.0. The van der Waals surface area contributed by atoms with Gasteiger partial charge in [-0.2, -0.15) is 0 Å². The lowest BCUT2D eigenvalue weighted by atomic mass is 10.00. The normalized spacial score (nSPS) is 19.6. The van der Waals surface area contributed by atoms with Gasteiger partial charge in [-0.15, -0.1) is 16.9 Å². The number of nitrogens with one attached hydrogen (secondary N) is 3. The summed E-state index contributed by atoms with van der Waals surface area (Å²) in [7, 11) is 1.64. The lowest BCUT2D eigenvalue weighted by Gasteiger charge is -2.49. The Morgan fingerprint density at radius 3 is 2.59 bits per heavy atom.